The van der Waals surface area contributed by atoms with Crippen molar-refractivity contribution in [3.63, 3.8) is 0 Å². The van der Waals surface area contributed by atoms with Crippen molar-refractivity contribution in [3.05, 3.63) is 40.9 Å². The van der Waals surface area contributed by atoms with Crippen LogP contribution in [0, 0.1) is 0 Å². The first-order chi connectivity index (χ1) is 6.86. The Morgan fingerprint density at radius 3 is 3.07 bits per heavy atom. The van der Waals surface area contributed by atoms with Crippen molar-refractivity contribution in [2.45, 2.75) is 0 Å². The number of rotatable bonds is 0. The molecule has 0 aliphatic carbocycles. The van der Waals surface area contributed by atoms with Gasteiger partial charge in [0.15, 0.2) is 0 Å². The van der Waals surface area contributed by atoms with Gasteiger partial charge >= 0.3 is 5.69 Å². The highest BCUT2D eigenvalue weighted by molar-refractivity contribution is 5.92. The predicted octanol–water partition coefficient (Wildman–Crippen LogP) is 0.571. The van der Waals surface area contributed by atoms with E-state index in [0.29, 0.717) is 0 Å². The van der Waals surface area contributed by atoms with Crippen molar-refractivity contribution in [1.82, 2.24) is 19.8 Å². The number of nitrogens with one attached hydrogen (secondary N) is 1. The van der Waals surface area contributed by atoms with Crippen molar-refractivity contribution in [3.8, 4) is 0 Å². The third-order valence-corrected chi connectivity index (χ3v) is 2.19. The summed E-state index contributed by atoms with van der Waals surface area (Å²) in [5.74, 6) is 0. The van der Waals surface area contributed by atoms with Gasteiger partial charge in [-0.1, -0.05) is 23.4 Å². The lowest BCUT2D eigenvalue weighted by Gasteiger charge is -1.97. The molecule has 5 heteroatoms. The minimum absolute atomic E-state index is 0.267. The van der Waals surface area contributed by atoms with Gasteiger partial charge in [0, 0.05) is 5.39 Å². The number of hydrogen-bond acceptors (Lipinski definition) is 3. The van der Waals surface area contributed by atoms with Crippen LogP contribution < -0.4 is 5.69 Å². The van der Waals surface area contributed by atoms with Crippen molar-refractivity contribution >= 4 is 16.4 Å². The first-order valence-corrected chi connectivity index (χ1v) is 4.18. The van der Waals surface area contributed by atoms with E-state index in [-0.39, 0.29) is 5.69 Å². The molecule has 2 aromatic heterocycles. The highest BCUT2D eigenvalue weighted by atomic mass is 16.1. The summed E-state index contributed by atoms with van der Waals surface area (Å²) in [5.41, 5.74) is 1.26. The lowest BCUT2D eigenvalue weighted by atomic mass is 10.2. The van der Waals surface area contributed by atoms with E-state index in [4.69, 9.17) is 0 Å². The van der Waals surface area contributed by atoms with Crippen LogP contribution in [-0.2, 0) is 0 Å². The van der Waals surface area contributed by atoms with E-state index in [1.807, 2.05) is 24.3 Å². The van der Waals surface area contributed by atoms with Gasteiger partial charge in [-0.05, 0) is 6.07 Å². The fourth-order valence-electron chi connectivity index (χ4n) is 1.55. The molecule has 0 spiro atoms. The van der Waals surface area contributed by atoms with Crippen LogP contribution >= 0.6 is 0 Å². The first-order valence-electron chi connectivity index (χ1n) is 4.18. The van der Waals surface area contributed by atoms with E-state index in [1.165, 1.54) is 4.52 Å². The van der Waals surface area contributed by atoms with Gasteiger partial charge in [-0.15, -0.1) is 5.10 Å². The number of aromatic nitrogens is 4. The number of H-pyrrole nitrogens is 1. The van der Waals surface area contributed by atoms with Crippen LogP contribution in [0.1, 0.15) is 0 Å². The van der Waals surface area contributed by atoms with Crippen molar-refractivity contribution in [2.24, 2.45) is 0 Å². The number of hydrogen-bond donors (Lipinski definition) is 1. The minimum atomic E-state index is -0.267. The molecule has 14 heavy (non-hydrogen) atoms. The maximum Gasteiger partial charge on any atom is 0.348 e. The Hall–Kier alpha value is -2.17. The molecule has 3 rings (SSSR count). The molecule has 68 valence electrons. The molecule has 0 radical (unpaired) electrons. The fraction of sp³-hybridized carbons (Fsp3) is 0. The predicted molar refractivity (Wildman–Crippen MR) is 51.1 cm³/mol. The number of para-hydroxylation sites is 1. The van der Waals surface area contributed by atoms with E-state index >= 15 is 0 Å². The number of nitrogens with zero attached hydrogens (tertiary/aromatic N) is 3. The smallest absolute Gasteiger partial charge is 0.305 e. The largest absolute Gasteiger partial charge is 0.348 e. The average molecular weight is 186 g/mol. The summed E-state index contributed by atoms with van der Waals surface area (Å²) in [7, 11) is 0. The molecule has 3 aromatic rings. The molecule has 0 saturated heterocycles. The fourth-order valence-corrected chi connectivity index (χ4v) is 1.55. The highest BCUT2D eigenvalue weighted by Crippen LogP contribution is 2.13. The molecular formula is C9H6N4O. The molecule has 5 nitrogen and oxygen atoms in total. The Balaban J connectivity index is 2.73. The number of fused-ring (bicyclic) bond motifs is 3. The zero-order valence-corrected chi connectivity index (χ0v) is 7.14. The maximum absolute atomic E-state index is 11.5. The minimum Gasteiger partial charge on any atom is -0.305 e. The molecule has 0 unspecified atom stereocenters. The van der Waals surface area contributed by atoms with Crippen LogP contribution in [0.3, 0.4) is 0 Å². The summed E-state index contributed by atoms with van der Waals surface area (Å²) in [6.45, 7) is 0. The van der Waals surface area contributed by atoms with Crippen LogP contribution in [0.5, 0.6) is 0 Å². The van der Waals surface area contributed by atoms with E-state index < -0.39 is 0 Å². The van der Waals surface area contributed by atoms with Crippen LogP contribution in [-0.4, -0.2) is 19.8 Å². The second-order valence-corrected chi connectivity index (χ2v) is 3.01. The maximum atomic E-state index is 11.5. The Labute approximate surface area is 78.0 Å². The number of aromatic amines is 1. The van der Waals surface area contributed by atoms with Crippen molar-refractivity contribution < 1.29 is 0 Å². The summed E-state index contributed by atoms with van der Waals surface area (Å²) in [5, 5.41) is 8.34. The van der Waals surface area contributed by atoms with Gasteiger partial charge in [-0.3, -0.25) is 0 Å². The molecule has 0 aliphatic heterocycles. The summed E-state index contributed by atoms with van der Waals surface area (Å²) < 4.78 is 1.25. The van der Waals surface area contributed by atoms with E-state index in [2.05, 4.69) is 15.3 Å². The third kappa shape index (κ3) is 0.806. The quantitative estimate of drug-likeness (QED) is 0.558. The number of benzene rings is 1. The molecule has 1 N–H and O–H groups in total. The Bertz CT molecular complexity index is 667. The highest BCUT2D eigenvalue weighted by Gasteiger charge is 2.04. The molecule has 0 saturated carbocycles. The Morgan fingerprint density at radius 1 is 1.29 bits per heavy atom. The lowest BCUT2D eigenvalue weighted by molar-refractivity contribution is 0.806. The van der Waals surface area contributed by atoms with Gasteiger partial charge in [0.2, 0.25) is 0 Å². The van der Waals surface area contributed by atoms with Gasteiger partial charge in [0.05, 0.1) is 11.7 Å². The van der Waals surface area contributed by atoms with Gasteiger partial charge in [0.25, 0.3) is 0 Å². The molecule has 0 atom stereocenters. The normalized spacial score (nSPS) is 11.1. The van der Waals surface area contributed by atoms with Crippen molar-refractivity contribution in [1.29, 1.82) is 0 Å². The summed E-state index contributed by atoms with van der Waals surface area (Å²) in [4.78, 5) is 14.2. The molecule has 0 amide bonds. The van der Waals surface area contributed by atoms with Crippen LogP contribution in [0.25, 0.3) is 16.4 Å². The molecular weight excluding hydrogens is 180 g/mol. The summed E-state index contributed by atoms with van der Waals surface area (Å²) >= 11 is 0. The molecule has 0 bridgehead atoms. The third-order valence-electron chi connectivity index (χ3n) is 2.19. The van der Waals surface area contributed by atoms with Crippen LogP contribution in [0.4, 0.5) is 0 Å². The standard InChI is InChI=1S/C9H6N4O/c14-9-11-7-4-2-1-3-6(7)8-5-10-12-13(8)9/h1-5H,(H,11,14). The average Bonchev–Trinajstić information content (AvgIpc) is 2.67. The second-order valence-electron chi connectivity index (χ2n) is 3.01. The van der Waals surface area contributed by atoms with Crippen LogP contribution in [0.15, 0.2) is 35.3 Å². The van der Waals surface area contributed by atoms with Gasteiger partial charge in [0.1, 0.15) is 5.52 Å². The SMILES string of the molecule is O=c1[nH]c2ccccc2c2cnnn12. The van der Waals surface area contributed by atoms with Gasteiger partial charge in [-0.2, -0.15) is 4.52 Å². The van der Waals surface area contributed by atoms with Crippen molar-refractivity contribution in [2.75, 3.05) is 0 Å². The monoisotopic (exact) mass is 186 g/mol. The lowest BCUT2D eigenvalue weighted by Crippen LogP contribution is -2.17. The molecule has 0 aliphatic rings. The van der Waals surface area contributed by atoms with Gasteiger partial charge < -0.3 is 4.98 Å². The van der Waals surface area contributed by atoms with Gasteiger partial charge in [-0.25, -0.2) is 4.79 Å². The van der Waals surface area contributed by atoms with E-state index in [9.17, 15) is 4.79 Å². The zero-order chi connectivity index (χ0) is 9.54. The van der Waals surface area contributed by atoms with Crippen LogP contribution in [0.2, 0.25) is 0 Å². The molecule has 1 aromatic carbocycles. The Kier molecular flexibility index (Phi) is 1.25. The first kappa shape index (κ1) is 7.25. The van der Waals surface area contributed by atoms with E-state index in [1.54, 1.807) is 6.20 Å². The Morgan fingerprint density at radius 2 is 2.14 bits per heavy atom. The second kappa shape index (κ2) is 2.41. The zero-order valence-electron chi connectivity index (χ0n) is 7.14. The molecule has 0 fully saturated rings. The summed E-state index contributed by atoms with van der Waals surface area (Å²) in [6.07, 6.45) is 1.58. The van der Waals surface area contributed by atoms with E-state index in [0.717, 1.165) is 16.4 Å². The molecule has 2 heterocycles. The summed E-state index contributed by atoms with van der Waals surface area (Å²) in [6, 6.07) is 7.56. The topological polar surface area (TPSA) is 63.0 Å².